The monoisotopic (exact) mass is 224 g/mol. The molecule has 2 saturated heterocycles. The van der Waals surface area contributed by atoms with Crippen LogP contribution in [0.25, 0.3) is 0 Å². The molecular weight excluding hydrogens is 200 g/mol. The van der Waals surface area contributed by atoms with Crippen LogP contribution in [0.5, 0.6) is 0 Å². The van der Waals surface area contributed by atoms with Crippen LogP contribution in [-0.2, 0) is 0 Å². The average molecular weight is 224 g/mol. The molecule has 2 unspecified atom stereocenters. The van der Waals surface area contributed by atoms with Crippen molar-refractivity contribution < 1.29 is 5.11 Å². The van der Waals surface area contributed by atoms with Gasteiger partial charge in [-0.25, -0.2) is 0 Å². The van der Waals surface area contributed by atoms with Gasteiger partial charge in [0.15, 0.2) is 0 Å². The van der Waals surface area contributed by atoms with Crippen molar-refractivity contribution in [3.63, 3.8) is 0 Å². The minimum Gasteiger partial charge on any atom is -0.388 e. The highest BCUT2D eigenvalue weighted by Crippen LogP contribution is 2.38. The van der Waals surface area contributed by atoms with E-state index < -0.39 is 5.60 Å². The van der Waals surface area contributed by atoms with Crippen LogP contribution in [0.4, 0.5) is 0 Å². The standard InChI is InChI=1S/C13H24N2O/c16-13(4-6-14-7-5-13)10-15-8-11-2-1-3-12(11)9-15/h11-12,14,16H,1-10H2. The third-order valence-electron chi connectivity index (χ3n) is 4.85. The van der Waals surface area contributed by atoms with Crippen LogP contribution in [0.2, 0.25) is 0 Å². The first kappa shape index (κ1) is 11.0. The second-order valence-electron chi connectivity index (χ2n) is 6.12. The van der Waals surface area contributed by atoms with Gasteiger partial charge in [-0.3, -0.25) is 4.90 Å². The summed E-state index contributed by atoms with van der Waals surface area (Å²) in [5, 5.41) is 13.8. The number of hydrogen-bond acceptors (Lipinski definition) is 3. The fourth-order valence-electron chi connectivity index (χ4n) is 3.93. The van der Waals surface area contributed by atoms with E-state index in [1.807, 2.05) is 0 Å². The first-order valence-corrected chi connectivity index (χ1v) is 6.91. The van der Waals surface area contributed by atoms with Gasteiger partial charge in [0.05, 0.1) is 5.60 Å². The summed E-state index contributed by atoms with van der Waals surface area (Å²) in [6, 6.07) is 0. The Morgan fingerprint density at radius 3 is 2.38 bits per heavy atom. The summed E-state index contributed by atoms with van der Waals surface area (Å²) in [5.74, 6) is 1.90. The third-order valence-corrected chi connectivity index (χ3v) is 4.85. The van der Waals surface area contributed by atoms with Crippen LogP contribution >= 0.6 is 0 Å². The Bertz CT molecular complexity index is 238. The van der Waals surface area contributed by atoms with E-state index in [0.29, 0.717) is 0 Å². The van der Waals surface area contributed by atoms with Gasteiger partial charge in [0.2, 0.25) is 0 Å². The molecule has 0 amide bonds. The highest BCUT2D eigenvalue weighted by atomic mass is 16.3. The number of likely N-dealkylation sites (tertiary alicyclic amines) is 1. The number of aliphatic hydroxyl groups is 1. The SMILES string of the molecule is OC1(CN2CC3CCCC3C2)CCNCC1. The normalized spacial score (nSPS) is 38.8. The van der Waals surface area contributed by atoms with Gasteiger partial charge < -0.3 is 10.4 Å². The van der Waals surface area contributed by atoms with E-state index in [2.05, 4.69) is 10.2 Å². The first-order valence-electron chi connectivity index (χ1n) is 6.91. The van der Waals surface area contributed by atoms with Crippen molar-refractivity contribution in [2.75, 3.05) is 32.7 Å². The van der Waals surface area contributed by atoms with E-state index in [4.69, 9.17) is 0 Å². The molecule has 16 heavy (non-hydrogen) atoms. The molecule has 2 N–H and O–H groups in total. The number of fused-ring (bicyclic) bond motifs is 1. The third kappa shape index (κ3) is 2.13. The maximum atomic E-state index is 10.5. The van der Waals surface area contributed by atoms with Crippen molar-refractivity contribution in [3.05, 3.63) is 0 Å². The number of nitrogens with zero attached hydrogens (tertiary/aromatic N) is 1. The highest BCUT2D eigenvalue weighted by molar-refractivity contribution is 4.93. The molecule has 3 aliphatic rings. The molecule has 1 aliphatic carbocycles. The summed E-state index contributed by atoms with van der Waals surface area (Å²) in [6.07, 6.45) is 6.16. The van der Waals surface area contributed by atoms with Gasteiger partial charge >= 0.3 is 0 Å². The van der Waals surface area contributed by atoms with Gasteiger partial charge in [0, 0.05) is 19.6 Å². The van der Waals surface area contributed by atoms with Crippen LogP contribution in [0, 0.1) is 11.8 Å². The molecule has 3 nitrogen and oxygen atoms in total. The molecule has 0 aromatic heterocycles. The van der Waals surface area contributed by atoms with Crippen LogP contribution in [0.15, 0.2) is 0 Å². The van der Waals surface area contributed by atoms with Crippen LogP contribution in [-0.4, -0.2) is 48.3 Å². The Morgan fingerprint density at radius 2 is 1.75 bits per heavy atom. The maximum Gasteiger partial charge on any atom is 0.0798 e. The van der Waals surface area contributed by atoms with Crippen LogP contribution < -0.4 is 5.32 Å². The summed E-state index contributed by atoms with van der Waals surface area (Å²) < 4.78 is 0. The zero-order chi connectivity index (χ0) is 11.0. The number of piperidine rings is 1. The molecule has 1 saturated carbocycles. The molecular formula is C13H24N2O. The van der Waals surface area contributed by atoms with Crippen molar-refractivity contribution in [1.82, 2.24) is 10.2 Å². The van der Waals surface area contributed by atoms with E-state index in [1.54, 1.807) is 0 Å². The Hall–Kier alpha value is -0.120. The summed E-state index contributed by atoms with van der Waals surface area (Å²) >= 11 is 0. The zero-order valence-corrected chi connectivity index (χ0v) is 10.1. The molecule has 3 fully saturated rings. The highest BCUT2D eigenvalue weighted by Gasteiger charge is 2.39. The topological polar surface area (TPSA) is 35.5 Å². The molecule has 0 aromatic rings. The van der Waals surface area contributed by atoms with Crippen molar-refractivity contribution in [1.29, 1.82) is 0 Å². The van der Waals surface area contributed by atoms with Gasteiger partial charge in [-0.15, -0.1) is 0 Å². The summed E-state index contributed by atoms with van der Waals surface area (Å²) in [6.45, 7) is 5.39. The van der Waals surface area contributed by atoms with Gasteiger partial charge in [0.1, 0.15) is 0 Å². The molecule has 3 rings (SSSR count). The molecule has 2 heterocycles. The Morgan fingerprint density at radius 1 is 1.12 bits per heavy atom. The average Bonchev–Trinajstić information content (AvgIpc) is 2.78. The smallest absolute Gasteiger partial charge is 0.0798 e. The van der Waals surface area contributed by atoms with E-state index in [9.17, 15) is 5.11 Å². The first-order chi connectivity index (χ1) is 7.75. The zero-order valence-electron chi connectivity index (χ0n) is 10.1. The number of rotatable bonds is 2. The number of hydrogen-bond donors (Lipinski definition) is 2. The fraction of sp³-hybridized carbons (Fsp3) is 1.00. The van der Waals surface area contributed by atoms with Crippen molar-refractivity contribution in [2.45, 2.75) is 37.7 Å². The van der Waals surface area contributed by atoms with E-state index in [1.165, 1.54) is 32.4 Å². The van der Waals surface area contributed by atoms with Crippen molar-refractivity contribution >= 4 is 0 Å². The van der Waals surface area contributed by atoms with E-state index in [-0.39, 0.29) is 0 Å². The lowest BCUT2D eigenvalue weighted by molar-refractivity contribution is -0.0173. The summed E-state index contributed by atoms with van der Waals surface area (Å²) in [7, 11) is 0. The molecule has 2 atom stereocenters. The van der Waals surface area contributed by atoms with Gasteiger partial charge in [-0.05, 0) is 50.6 Å². The lowest BCUT2D eigenvalue weighted by Crippen LogP contribution is -2.49. The Kier molecular flexibility index (Phi) is 2.94. The van der Waals surface area contributed by atoms with Gasteiger partial charge in [0.25, 0.3) is 0 Å². The summed E-state index contributed by atoms with van der Waals surface area (Å²) in [4.78, 5) is 2.53. The second kappa shape index (κ2) is 4.28. The van der Waals surface area contributed by atoms with Crippen molar-refractivity contribution in [2.24, 2.45) is 11.8 Å². The maximum absolute atomic E-state index is 10.5. The molecule has 0 spiro atoms. The largest absolute Gasteiger partial charge is 0.388 e. The lowest BCUT2D eigenvalue weighted by Gasteiger charge is -2.36. The fourth-order valence-corrected chi connectivity index (χ4v) is 3.93. The number of nitrogens with one attached hydrogen (secondary N) is 1. The Balaban J connectivity index is 1.55. The minimum absolute atomic E-state index is 0.399. The van der Waals surface area contributed by atoms with Crippen molar-refractivity contribution in [3.8, 4) is 0 Å². The Labute approximate surface area is 98.2 Å². The summed E-state index contributed by atoms with van der Waals surface area (Å²) in [5.41, 5.74) is -0.399. The molecule has 3 heteroatoms. The molecule has 0 aromatic carbocycles. The van der Waals surface area contributed by atoms with Gasteiger partial charge in [-0.2, -0.15) is 0 Å². The van der Waals surface area contributed by atoms with E-state index >= 15 is 0 Å². The molecule has 0 bridgehead atoms. The predicted octanol–water partition coefficient (Wildman–Crippen LogP) is 0.833. The number of β-amino-alcohol motifs (C(OH)–C–C–N with tert-alkyl or cyclic N) is 1. The quantitative estimate of drug-likeness (QED) is 0.729. The molecule has 2 aliphatic heterocycles. The van der Waals surface area contributed by atoms with E-state index in [0.717, 1.165) is 44.3 Å². The van der Waals surface area contributed by atoms with Crippen LogP contribution in [0.3, 0.4) is 0 Å². The predicted molar refractivity (Wildman–Crippen MR) is 64.3 cm³/mol. The lowest BCUT2D eigenvalue weighted by atomic mass is 9.92. The van der Waals surface area contributed by atoms with Gasteiger partial charge in [-0.1, -0.05) is 6.42 Å². The molecule has 92 valence electrons. The minimum atomic E-state index is -0.399. The second-order valence-corrected chi connectivity index (χ2v) is 6.12. The van der Waals surface area contributed by atoms with Crippen LogP contribution in [0.1, 0.15) is 32.1 Å². The molecule has 0 radical (unpaired) electrons.